The highest BCUT2D eigenvalue weighted by Crippen LogP contribution is 2.44. The second-order valence-corrected chi connectivity index (χ2v) is 10.9. The van der Waals surface area contributed by atoms with Crippen LogP contribution in [-0.4, -0.2) is 19.0 Å². The highest BCUT2D eigenvalue weighted by Gasteiger charge is 2.16. The molecular weight excluding hydrogens is 464 g/mol. The van der Waals surface area contributed by atoms with Gasteiger partial charge in [-0.05, 0) is 37.5 Å². The summed E-state index contributed by atoms with van der Waals surface area (Å²) in [7, 11) is 0. The van der Waals surface area contributed by atoms with Crippen LogP contribution in [-0.2, 0) is 19.1 Å². The SMILES string of the molecule is CC(OC(=O)CCCCCCCCCCOC=O)c1ccc2c(c1)sc1c3ccccc3sc21. The first kappa shape index (κ1) is 24.7. The minimum Gasteiger partial charge on any atom is -0.468 e. The van der Waals surface area contributed by atoms with Gasteiger partial charge >= 0.3 is 5.97 Å². The van der Waals surface area contributed by atoms with E-state index in [1.54, 1.807) is 0 Å². The summed E-state index contributed by atoms with van der Waals surface area (Å²) in [6, 6.07) is 15.0. The number of hydrogen-bond acceptors (Lipinski definition) is 6. The van der Waals surface area contributed by atoms with Crippen molar-refractivity contribution in [3.05, 3.63) is 48.0 Å². The average molecular weight is 497 g/mol. The van der Waals surface area contributed by atoms with Gasteiger partial charge in [-0.1, -0.05) is 68.9 Å². The second-order valence-electron chi connectivity index (χ2n) is 8.79. The summed E-state index contributed by atoms with van der Waals surface area (Å²) in [4.78, 5) is 22.4. The average Bonchev–Trinajstić information content (AvgIpc) is 3.38. The Balaban J connectivity index is 1.20. The lowest BCUT2D eigenvalue weighted by molar-refractivity contribution is -0.148. The fourth-order valence-electron chi connectivity index (χ4n) is 4.36. The monoisotopic (exact) mass is 496 g/mol. The van der Waals surface area contributed by atoms with Gasteiger partial charge in [0.05, 0.1) is 16.0 Å². The molecule has 0 saturated heterocycles. The van der Waals surface area contributed by atoms with Crippen molar-refractivity contribution in [3.63, 3.8) is 0 Å². The van der Waals surface area contributed by atoms with Crippen LogP contribution in [0.5, 0.6) is 0 Å². The van der Waals surface area contributed by atoms with Crippen molar-refractivity contribution in [1.82, 2.24) is 0 Å². The van der Waals surface area contributed by atoms with Gasteiger partial charge in [0.2, 0.25) is 0 Å². The van der Waals surface area contributed by atoms with E-state index in [1.807, 2.05) is 29.6 Å². The van der Waals surface area contributed by atoms with Crippen molar-refractivity contribution in [3.8, 4) is 0 Å². The van der Waals surface area contributed by atoms with E-state index in [9.17, 15) is 9.59 Å². The molecule has 0 spiro atoms. The van der Waals surface area contributed by atoms with E-state index in [4.69, 9.17) is 4.74 Å². The molecule has 1 unspecified atom stereocenters. The van der Waals surface area contributed by atoms with E-state index in [0.717, 1.165) is 37.7 Å². The van der Waals surface area contributed by atoms with Crippen LogP contribution < -0.4 is 0 Å². The molecule has 180 valence electrons. The molecule has 0 N–H and O–H groups in total. The Morgan fingerprint density at radius 3 is 2.26 bits per heavy atom. The summed E-state index contributed by atoms with van der Waals surface area (Å²) in [6.45, 7) is 3.00. The highest BCUT2D eigenvalue weighted by atomic mass is 32.1. The van der Waals surface area contributed by atoms with E-state index < -0.39 is 0 Å². The number of benzene rings is 2. The van der Waals surface area contributed by atoms with Crippen molar-refractivity contribution in [2.24, 2.45) is 0 Å². The number of thiophene rings is 2. The van der Waals surface area contributed by atoms with Gasteiger partial charge in [0.15, 0.2) is 0 Å². The lowest BCUT2D eigenvalue weighted by Crippen LogP contribution is -2.08. The molecule has 6 heteroatoms. The van der Waals surface area contributed by atoms with Crippen molar-refractivity contribution >= 4 is 64.7 Å². The van der Waals surface area contributed by atoms with Gasteiger partial charge in [-0.25, -0.2) is 0 Å². The summed E-state index contributed by atoms with van der Waals surface area (Å²) < 4.78 is 15.7. The fourth-order valence-corrected chi connectivity index (χ4v) is 7.06. The first-order valence-corrected chi connectivity index (χ1v) is 13.9. The Morgan fingerprint density at radius 2 is 1.50 bits per heavy atom. The van der Waals surface area contributed by atoms with Gasteiger partial charge in [-0.15, -0.1) is 22.7 Å². The molecule has 1 atom stereocenters. The molecule has 34 heavy (non-hydrogen) atoms. The number of carbonyl (C=O) groups is 2. The quantitative estimate of drug-likeness (QED) is 0.0996. The Kier molecular flexibility index (Phi) is 8.94. The molecule has 0 amide bonds. The predicted molar refractivity (Wildman–Crippen MR) is 143 cm³/mol. The van der Waals surface area contributed by atoms with Crippen molar-refractivity contribution in [2.45, 2.75) is 70.8 Å². The van der Waals surface area contributed by atoms with Crippen LogP contribution >= 0.6 is 22.7 Å². The van der Waals surface area contributed by atoms with Gasteiger partial charge in [0.1, 0.15) is 6.10 Å². The third-order valence-corrected chi connectivity index (χ3v) is 8.77. The minimum absolute atomic E-state index is 0.110. The normalized spacial score (nSPS) is 12.4. The van der Waals surface area contributed by atoms with E-state index in [2.05, 4.69) is 47.2 Å². The van der Waals surface area contributed by atoms with Crippen LogP contribution in [0.3, 0.4) is 0 Å². The Hall–Kier alpha value is -2.44. The maximum atomic E-state index is 12.3. The highest BCUT2D eigenvalue weighted by molar-refractivity contribution is 7.36. The fraction of sp³-hybridized carbons (Fsp3) is 0.429. The van der Waals surface area contributed by atoms with Crippen molar-refractivity contribution in [2.75, 3.05) is 6.61 Å². The first-order chi connectivity index (χ1) is 16.7. The van der Waals surface area contributed by atoms with Crippen LogP contribution in [0.25, 0.3) is 29.6 Å². The number of rotatable bonds is 14. The topological polar surface area (TPSA) is 52.6 Å². The summed E-state index contributed by atoms with van der Waals surface area (Å²) >= 11 is 3.68. The maximum absolute atomic E-state index is 12.3. The van der Waals surface area contributed by atoms with Crippen molar-refractivity contribution < 1.29 is 19.1 Å². The summed E-state index contributed by atoms with van der Waals surface area (Å²) in [5, 5.41) is 2.62. The number of fused-ring (bicyclic) bond motifs is 5. The molecule has 0 aliphatic rings. The smallest absolute Gasteiger partial charge is 0.306 e. The molecule has 0 aliphatic carbocycles. The molecule has 4 rings (SSSR count). The Morgan fingerprint density at radius 1 is 0.853 bits per heavy atom. The molecule has 4 aromatic rings. The van der Waals surface area contributed by atoms with Gasteiger partial charge in [-0.2, -0.15) is 0 Å². The molecule has 0 saturated carbocycles. The molecule has 2 aromatic carbocycles. The first-order valence-electron chi connectivity index (χ1n) is 12.3. The second kappa shape index (κ2) is 12.3. The van der Waals surface area contributed by atoms with E-state index in [-0.39, 0.29) is 12.1 Å². The van der Waals surface area contributed by atoms with Gasteiger partial charge in [-0.3, -0.25) is 9.59 Å². The van der Waals surface area contributed by atoms with Crippen LogP contribution in [0.15, 0.2) is 42.5 Å². The van der Waals surface area contributed by atoms with Crippen LogP contribution in [0.1, 0.15) is 76.4 Å². The van der Waals surface area contributed by atoms with E-state index >= 15 is 0 Å². The van der Waals surface area contributed by atoms with Crippen LogP contribution in [0.4, 0.5) is 0 Å². The number of unbranched alkanes of at least 4 members (excludes halogenated alkanes) is 7. The number of esters is 1. The molecular formula is C28H32O4S2. The summed E-state index contributed by atoms with van der Waals surface area (Å²) in [6.07, 6.45) is 8.93. The van der Waals surface area contributed by atoms with Crippen LogP contribution in [0.2, 0.25) is 0 Å². The molecule has 0 fully saturated rings. The zero-order valence-electron chi connectivity index (χ0n) is 19.7. The largest absolute Gasteiger partial charge is 0.468 e. The molecule has 0 bridgehead atoms. The third kappa shape index (κ3) is 6.16. The van der Waals surface area contributed by atoms with Crippen molar-refractivity contribution in [1.29, 1.82) is 0 Å². The lowest BCUT2D eigenvalue weighted by atomic mass is 10.1. The predicted octanol–water partition coefficient (Wildman–Crippen LogP) is 8.56. The van der Waals surface area contributed by atoms with Gasteiger partial charge in [0.25, 0.3) is 6.47 Å². The Bertz CT molecular complexity index is 1240. The van der Waals surface area contributed by atoms with E-state index in [1.165, 1.54) is 48.8 Å². The maximum Gasteiger partial charge on any atom is 0.306 e. The van der Waals surface area contributed by atoms with Gasteiger partial charge in [0, 0.05) is 26.6 Å². The zero-order valence-corrected chi connectivity index (χ0v) is 21.3. The molecule has 0 radical (unpaired) electrons. The lowest BCUT2D eigenvalue weighted by Gasteiger charge is -2.14. The standard InChI is InChI=1S/C28H32O4S2/c1-20(32-26(30)14-8-6-4-2-3-5-7-11-17-31-19-29)21-15-16-23-25(18-21)34-27-22-12-9-10-13-24(22)33-28(23)27/h9-10,12-13,15-16,18-20H,2-8,11,14,17H2,1H3. The minimum atomic E-state index is -0.239. The third-order valence-electron chi connectivity index (χ3n) is 6.25. The Labute approximate surface area is 208 Å². The molecule has 4 nitrogen and oxygen atoms in total. The summed E-state index contributed by atoms with van der Waals surface area (Å²) in [5.74, 6) is -0.110. The number of hydrogen-bond donors (Lipinski definition) is 0. The number of ether oxygens (including phenoxy) is 2. The van der Waals surface area contributed by atoms with Gasteiger partial charge < -0.3 is 9.47 Å². The molecule has 2 heterocycles. The van der Waals surface area contributed by atoms with E-state index in [0.29, 0.717) is 19.5 Å². The number of carbonyl (C=O) groups excluding carboxylic acids is 2. The molecule has 0 aliphatic heterocycles. The molecule has 2 aromatic heterocycles. The summed E-state index contributed by atoms with van der Waals surface area (Å²) in [5.41, 5.74) is 1.05. The zero-order chi connectivity index (χ0) is 23.8. The van der Waals surface area contributed by atoms with Crippen LogP contribution in [0, 0.1) is 0 Å².